The summed E-state index contributed by atoms with van der Waals surface area (Å²) in [6, 6.07) is 15.2. The molecule has 0 saturated heterocycles. The number of rotatable bonds is 4. The van der Waals surface area contributed by atoms with E-state index in [1.54, 1.807) is 0 Å². The maximum absolute atomic E-state index is 2.38. The van der Waals surface area contributed by atoms with E-state index < -0.39 is 0 Å². The zero-order chi connectivity index (χ0) is 11.4. The molecule has 0 amide bonds. The molecule has 0 bridgehead atoms. The van der Waals surface area contributed by atoms with Crippen molar-refractivity contribution < 1.29 is 0 Å². The van der Waals surface area contributed by atoms with Gasteiger partial charge in [-0.1, -0.05) is 49.4 Å². The molecule has 1 heteroatoms. The van der Waals surface area contributed by atoms with E-state index in [2.05, 4.69) is 61.3 Å². The molecule has 0 aliphatic heterocycles. The smallest absolute Gasteiger partial charge is 0.0236 e. The van der Waals surface area contributed by atoms with E-state index in [0.29, 0.717) is 0 Å². The van der Waals surface area contributed by atoms with E-state index in [9.17, 15) is 0 Å². The van der Waals surface area contributed by atoms with Crippen LogP contribution in [0.15, 0.2) is 42.5 Å². The Kier molecular flexibility index (Phi) is 3.58. The highest BCUT2D eigenvalue weighted by Gasteiger charge is 2.02. The van der Waals surface area contributed by atoms with Crippen molar-refractivity contribution in [3.8, 4) is 0 Å². The Morgan fingerprint density at radius 1 is 1.00 bits per heavy atom. The first-order valence-corrected chi connectivity index (χ1v) is 5.96. The fraction of sp³-hybridized carbons (Fsp3) is 0.333. The molecule has 0 N–H and O–H groups in total. The SMILES string of the molecule is CCCN(C)Cc1cccc2ccccc12. The third-order valence-electron chi connectivity index (χ3n) is 2.93. The van der Waals surface area contributed by atoms with Gasteiger partial charge in [0.2, 0.25) is 0 Å². The summed E-state index contributed by atoms with van der Waals surface area (Å²) in [5.74, 6) is 0. The quantitative estimate of drug-likeness (QED) is 0.749. The minimum atomic E-state index is 1.04. The lowest BCUT2D eigenvalue weighted by Gasteiger charge is -2.16. The van der Waals surface area contributed by atoms with Crippen molar-refractivity contribution in [3.63, 3.8) is 0 Å². The number of hydrogen-bond donors (Lipinski definition) is 0. The summed E-state index contributed by atoms with van der Waals surface area (Å²) >= 11 is 0. The van der Waals surface area contributed by atoms with Crippen LogP contribution in [0, 0.1) is 0 Å². The van der Waals surface area contributed by atoms with E-state index in [1.807, 2.05) is 0 Å². The highest BCUT2D eigenvalue weighted by Crippen LogP contribution is 2.19. The van der Waals surface area contributed by atoms with E-state index >= 15 is 0 Å². The molecule has 2 aromatic rings. The zero-order valence-electron chi connectivity index (χ0n) is 10.1. The van der Waals surface area contributed by atoms with E-state index in [4.69, 9.17) is 0 Å². The lowest BCUT2D eigenvalue weighted by molar-refractivity contribution is 0.329. The molecule has 0 spiro atoms. The predicted molar refractivity (Wildman–Crippen MR) is 70.6 cm³/mol. The zero-order valence-corrected chi connectivity index (χ0v) is 10.1. The minimum Gasteiger partial charge on any atom is -0.302 e. The average Bonchev–Trinajstić information content (AvgIpc) is 2.30. The normalized spacial score (nSPS) is 11.2. The van der Waals surface area contributed by atoms with Gasteiger partial charge in [0.1, 0.15) is 0 Å². The molecule has 1 nitrogen and oxygen atoms in total. The summed E-state index contributed by atoms with van der Waals surface area (Å²) in [7, 11) is 2.19. The minimum absolute atomic E-state index is 1.04. The van der Waals surface area contributed by atoms with Crippen molar-refractivity contribution in [1.82, 2.24) is 4.90 Å². The molecule has 0 heterocycles. The van der Waals surface area contributed by atoms with Gasteiger partial charge in [-0.25, -0.2) is 0 Å². The van der Waals surface area contributed by atoms with Crippen molar-refractivity contribution >= 4 is 10.8 Å². The molecule has 0 aliphatic rings. The van der Waals surface area contributed by atoms with E-state index in [-0.39, 0.29) is 0 Å². The number of benzene rings is 2. The first-order valence-electron chi connectivity index (χ1n) is 5.96. The first kappa shape index (κ1) is 11.2. The second kappa shape index (κ2) is 5.13. The third-order valence-corrected chi connectivity index (χ3v) is 2.93. The molecule has 84 valence electrons. The van der Waals surface area contributed by atoms with Crippen molar-refractivity contribution in [2.45, 2.75) is 19.9 Å². The van der Waals surface area contributed by atoms with Crippen LogP contribution in [0.1, 0.15) is 18.9 Å². The van der Waals surface area contributed by atoms with E-state index in [1.165, 1.54) is 22.8 Å². The van der Waals surface area contributed by atoms with Crippen LogP contribution in [0.25, 0.3) is 10.8 Å². The number of fused-ring (bicyclic) bond motifs is 1. The Hall–Kier alpha value is -1.34. The van der Waals surface area contributed by atoms with Crippen LogP contribution in [0.4, 0.5) is 0 Å². The van der Waals surface area contributed by atoms with Crippen molar-refractivity contribution in [1.29, 1.82) is 0 Å². The highest BCUT2D eigenvalue weighted by atomic mass is 15.1. The first-order chi connectivity index (χ1) is 7.81. The lowest BCUT2D eigenvalue weighted by Crippen LogP contribution is -2.18. The Morgan fingerprint density at radius 2 is 1.75 bits per heavy atom. The molecule has 0 saturated carbocycles. The average molecular weight is 213 g/mol. The second-order valence-electron chi connectivity index (χ2n) is 4.38. The summed E-state index contributed by atoms with van der Waals surface area (Å²) in [5, 5.41) is 2.72. The Balaban J connectivity index is 2.30. The van der Waals surface area contributed by atoms with Crippen LogP contribution in [-0.4, -0.2) is 18.5 Å². The summed E-state index contributed by atoms with van der Waals surface area (Å²) < 4.78 is 0. The largest absolute Gasteiger partial charge is 0.302 e. The van der Waals surface area contributed by atoms with Gasteiger partial charge in [-0.05, 0) is 36.3 Å². The van der Waals surface area contributed by atoms with Crippen LogP contribution < -0.4 is 0 Å². The second-order valence-corrected chi connectivity index (χ2v) is 4.38. The van der Waals surface area contributed by atoms with Crippen LogP contribution >= 0.6 is 0 Å². The fourth-order valence-electron chi connectivity index (χ4n) is 2.18. The van der Waals surface area contributed by atoms with Crippen LogP contribution in [-0.2, 0) is 6.54 Å². The van der Waals surface area contributed by atoms with Gasteiger partial charge in [0.05, 0.1) is 0 Å². The van der Waals surface area contributed by atoms with E-state index in [0.717, 1.165) is 13.1 Å². The summed E-state index contributed by atoms with van der Waals surface area (Å²) in [4.78, 5) is 2.38. The molecule has 0 unspecified atom stereocenters. The molecule has 0 radical (unpaired) electrons. The summed E-state index contributed by atoms with van der Waals surface area (Å²) in [6.45, 7) is 4.41. The maximum Gasteiger partial charge on any atom is 0.0236 e. The molecule has 2 aromatic carbocycles. The Labute approximate surface area is 97.7 Å². The van der Waals surface area contributed by atoms with Crippen molar-refractivity contribution in [2.75, 3.05) is 13.6 Å². The molecular weight excluding hydrogens is 194 g/mol. The molecule has 0 aromatic heterocycles. The van der Waals surface area contributed by atoms with Gasteiger partial charge in [0, 0.05) is 6.54 Å². The van der Waals surface area contributed by atoms with Gasteiger partial charge in [0.25, 0.3) is 0 Å². The van der Waals surface area contributed by atoms with Crippen LogP contribution in [0.2, 0.25) is 0 Å². The lowest BCUT2D eigenvalue weighted by atomic mass is 10.0. The van der Waals surface area contributed by atoms with Gasteiger partial charge in [-0.2, -0.15) is 0 Å². The van der Waals surface area contributed by atoms with Crippen molar-refractivity contribution in [2.24, 2.45) is 0 Å². The standard InChI is InChI=1S/C15H19N/c1-3-11-16(2)12-14-9-6-8-13-7-4-5-10-15(13)14/h4-10H,3,11-12H2,1-2H3. The number of hydrogen-bond acceptors (Lipinski definition) is 1. The molecule has 0 atom stereocenters. The third kappa shape index (κ3) is 2.42. The van der Waals surface area contributed by atoms with Crippen molar-refractivity contribution in [3.05, 3.63) is 48.0 Å². The Bertz CT molecular complexity index is 456. The van der Waals surface area contributed by atoms with Gasteiger partial charge in [-0.3, -0.25) is 0 Å². The Morgan fingerprint density at radius 3 is 2.56 bits per heavy atom. The molecule has 0 aliphatic carbocycles. The number of nitrogens with zero attached hydrogens (tertiary/aromatic N) is 1. The topological polar surface area (TPSA) is 3.24 Å². The van der Waals surface area contributed by atoms with Crippen LogP contribution in [0.3, 0.4) is 0 Å². The summed E-state index contributed by atoms with van der Waals surface area (Å²) in [5.41, 5.74) is 1.43. The summed E-state index contributed by atoms with van der Waals surface area (Å²) in [6.07, 6.45) is 1.21. The molecule has 16 heavy (non-hydrogen) atoms. The highest BCUT2D eigenvalue weighted by molar-refractivity contribution is 5.85. The molecule has 2 rings (SSSR count). The van der Waals surface area contributed by atoms with Gasteiger partial charge in [0.15, 0.2) is 0 Å². The fourth-order valence-corrected chi connectivity index (χ4v) is 2.18. The van der Waals surface area contributed by atoms with Gasteiger partial charge >= 0.3 is 0 Å². The molecule has 0 fully saturated rings. The van der Waals surface area contributed by atoms with Gasteiger partial charge in [-0.15, -0.1) is 0 Å². The molecular formula is C15H19N. The maximum atomic E-state index is 2.38. The predicted octanol–water partition coefficient (Wildman–Crippen LogP) is 3.68. The van der Waals surface area contributed by atoms with Crippen LogP contribution in [0.5, 0.6) is 0 Å². The van der Waals surface area contributed by atoms with Gasteiger partial charge < -0.3 is 4.90 Å². The monoisotopic (exact) mass is 213 g/mol.